The molecule has 2 rings (SSSR count). The second-order valence-corrected chi connectivity index (χ2v) is 5.97. The van der Waals surface area contributed by atoms with E-state index in [-0.39, 0.29) is 21.2 Å². The number of rotatable bonds is 2. The van der Waals surface area contributed by atoms with E-state index < -0.39 is 0 Å². The van der Waals surface area contributed by atoms with Crippen molar-refractivity contribution in [3.8, 4) is 0 Å². The molecule has 0 unspecified atom stereocenters. The number of anilines is 1. The molecular formula is C12H11IN+. The van der Waals surface area contributed by atoms with E-state index in [0.29, 0.717) is 0 Å². The van der Waals surface area contributed by atoms with E-state index in [1.807, 2.05) is 12.1 Å². The van der Waals surface area contributed by atoms with Gasteiger partial charge in [-0.05, 0) is 36.4 Å². The average molecular weight is 296 g/mol. The second kappa shape index (κ2) is 4.46. The number of nitrogen functional groups attached to an aromatic ring is 1. The highest BCUT2D eigenvalue weighted by Crippen LogP contribution is 1.97. The first-order valence-electron chi connectivity index (χ1n) is 4.40. The maximum atomic E-state index is 5.63. The van der Waals surface area contributed by atoms with E-state index in [9.17, 15) is 0 Å². The van der Waals surface area contributed by atoms with Gasteiger partial charge in [0.1, 0.15) is 0 Å². The van der Waals surface area contributed by atoms with Crippen molar-refractivity contribution < 1.29 is 21.2 Å². The summed E-state index contributed by atoms with van der Waals surface area (Å²) in [7, 11) is 0. The van der Waals surface area contributed by atoms with Gasteiger partial charge in [0, 0.05) is 5.69 Å². The fourth-order valence-corrected chi connectivity index (χ4v) is 3.34. The first-order valence-corrected chi connectivity index (χ1v) is 6.56. The van der Waals surface area contributed by atoms with Gasteiger partial charge in [0.05, 0.1) is 0 Å². The molecule has 1 nitrogen and oxygen atoms in total. The molecule has 70 valence electrons. The van der Waals surface area contributed by atoms with Gasteiger partial charge in [-0.3, -0.25) is 0 Å². The van der Waals surface area contributed by atoms with Crippen molar-refractivity contribution in [3.63, 3.8) is 0 Å². The van der Waals surface area contributed by atoms with E-state index >= 15 is 0 Å². The van der Waals surface area contributed by atoms with Gasteiger partial charge in [-0.15, -0.1) is 0 Å². The molecule has 0 saturated heterocycles. The molecule has 0 amide bonds. The normalized spacial score (nSPS) is 10.0. The molecule has 0 radical (unpaired) electrons. The van der Waals surface area contributed by atoms with E-state index in [2.05, 4.69) is 42.5 Å². The smallest absolute Gasteiger partial charge is 0.357 e. The fourth-order valence-electron chi connectivity index (χ4n) is 1.13. The molecule has 2 aromatic rings. The van der Waals surface area contributed by atoms with Crippen LogP contribution in [0.2, 0.25) is 0 Å². The van der Waals surface area contributed by atoms with Crippen LogP contribution in [0, 0.1) is 7.14 Å². The third-order valence-corrected chi connectivity index (χ3v) is 4.51. The molecular weight excluding hydrogens is 285 g/mol. The summed E-state index contributed by atoms with van der Waals surface area (Å²) < 4.78 is 2.85. The zero-order chi connectivity index (χ0) is 9.80. The summed E-state index contributed by atoms with van der Waals surface area (Å²) in [5.74, 6) is 0. The van der Waals surface area contributed by atoms with Gasteiger partial charge in [-0.2, -0.15) is 0 Å². The van der Waals surface area contributed by atoms with Crippen LogP contribution in [0.25, 0.3) is 0 Å². The topological polar surface area (TPSA) is 26.0 Å². The van der Waals surface area contributed by atoms with Crippen LogP contribution in [0.4, 0.5) is 5.69 Å². The molecule has 0 fully saturated rings. The molecule has 0 heterocycles. The minimum absolute atomic E-state index is 0.0396. The Kier molecular flexibility index (Phi) is 3.03. The van der Waals surface area contributed by atoms with Crippen molar-refractivity contribution in [1.82, 2.24) is 0 Å². The quantitative estimate of drug-likeness (QED) is 0.581. The molecule has 0 atom stereocenters. The second-order valence-electron chi connectivity index (χ2n) is 2.94. The Morgan fingerprint density at radius 3 is 1.93 bits per heavy atom. The van der Waals surface area contributed by atoms with Gasteiger partial charge in [0.25, 0.3) is 0 Å². The molecule has 2 heteroatoms. The Bertz CT molecular complexity index is 394. The van der Waals surface area contributed by atoms with Crippen molar-refractivity contribution in [2.24, 2.45) is 0 Å². The highest BCUT2D eigenvalue weighted by molar-refractivity contribution is 5.35. The van der Waals surface area contributed by atoms with E-state index in [1.54, 1.807) is 0 Å². The van der Waals surface area contributed by atoms with E-state index in [0.717, 1.165) is 5.69 Å². The van der Waals surface area contributed by atoms with Gasteiger partial charge in [0.2, 0.25) is 0 Å². The molecule has 0 spiro atoms. The van der Waals surface area contributed by atoms with Crippen LogP contribution >= 0.6 is 0 Å². The Morgan fingerprint density at radius 2 is 1.29 bits per heavy atom. The van der Waals surface area contributed by atoms with Crippen LogP contribution in [0.3, 0.4) is 0 Å². The number of hydrogen-bond acceptors (Lipinski definition) is 1. The molecule has 0 aliphatic carbocycles. The van der Waals surface area contributed by atoms with Crippen molar-refractivity contribution in [3.05, 3.63) is 61.7 Å². The molecule has 0 aliphatic rings. The Balaban J connectivity index is 2.16. The van der Waals surface area contributed by atoms with Gasteiger partial charge in [-0.1, -0.05) is 18.2 Å². The van der Waals surface area contributed by atoms with Crippen LogP contribution in [0.15, 0.2) is 54.6 Å². The molecule has 0 saturated carbocycles. The van der Waals surface area contributed by atoms with Crippen LogP contribution in [-0.4, -0.2) is 0 Å². The molecule has 0 aliphatic heterocycles. The maximum Gasteiger partial charge on any atom is 0.357 e. The number of hydrogen-bond donors (Lipinski definition) is 1. The summed E-state index contributed by atoms with van der Waals surface area (Å²) in [5.41, 5.74) is 6.47. The van der Waals surface area contributed by atoms with Crippen molar-refractivity contribution >= 4 is 5.69 Å². The van der Waals surface area contributed by atoms with Crippen molar-refractivity contribution in [2.75, 3.05) is 5.73 Å². The predicted molar refractivity (Wildman–Crippen MR) is 54.7 cm³/mol. The lowest BCUT2D eigenvalue weighted by molar-refractivity contribution is -0.597. The van der Waals surface area contributed by atoms with Gasteiger partial charge in [-0.25, -0.2) is 0 Å². The lowest BCUT2D eigenvalue weighted by Gasteiger charge is -1.89. The van der Waals surface area contributed by atoms with Crippen LogP contribution in [-0.2, 0) is 0 Å². The van der Waals surface area contributed by atoms with Crippen LogP contribution < -0.4 is 26.9 Å². The monoisotopic (exact) mass is 296 g/mol. The SMILES string of the molecule is Nc1ccc([I+]c2ccccc2)cc1. The Labute approximate surface area is 94.2 Å². The van der Waals surface area contributed by atoms with Crippen LogP contribution in [0.1, 0.15) is 0 Å². The largest absolute Gasteiger partial charge is 0.399 e. The summed E-state index contributed by atoms with van der Waals surface area (Å²) in [6.07, 6.45) is 0. The van der Waals surface area contributed by atoms with E-state index in [1.165, 1.54) is 7.14 Å². The highest BCUT2D eigenvalue weighted by atomic mass is 127. The summed E-state index contributed by atoms with van der Waals surface area (Å²) in [5, 5.41) is 0. The molecule has 2 aromatic carbocycles. The fraction of sp³-hybridized carbons (Fsp3) is 0. The summed E-state index contributed by atoms with van der Waals surface area (Å²) in [6.45, 7) is 0. The molecule has 2 N–H and O–H groups in total. The third kappa shape index (κ3) is 2.48. The van der Waals surface area contributed by atoms with Crippen molar-refractivity contribution in [1.29, 1.82) is 0 Å². The zero-order valence-electron chi connectivity index (χ0n) is 7.65. The third-order valence-electron chi connectivity index (χ3n) is 1.82. The lowest BCUT2D eigenvalue weighted by atomic mass is 10.3. The number of nitrogens with two attached hydrogens (primary N) is 1. The maximum absolute atomic E-state index is 5.63. The van der Waals surface area contributed by atoms with Gasteiger partial charge in [0.15, 0.2) is 7.14 Å². The first-order chi connectivity index (χ1) is 6.84. The molecule has 0 bridgehead atoms. The van der Waals surface area contributed by atoms with Crippen molar-refractivity contribution in [2.45, 2.75) is 0 Å². The van der Waals surface area contributed by atoms with Gasteiger partial charge >= 0.3 is 21.2 Å². The standard InChI is InChI=1S/C12H11IN/c14-12-8-6-11(7-9-12)13-10-4-2-1-3-5-10/h1-9H,14H2/q+1. The molecule has 14 heavy (non-hydrogen) atoms. The highest BCUT2D eigenvalue weighted by Gasteiger charge is 2.13. The lowest BCUT2D eigenvalue weighted by Crippen LogP contribution is -3.61. The summed E-state index contributed by atoms with van der Waals surface area (Å²) in [6, 6.07) is 18.8. The predicted octanol–water partition coefficient (Wildman–Crippen LogP) is -0.603. The molecule has 0 aromatic heterocycles. The first kappa shape index (κ1) is 9.52. The Hall–Kier alpha value is -1.03. The Morgan fingerprint density at radius 1 is 0.714 bits per heavy atom. The zero-order valence-corrected chi connectivity index (χ0v) is 9.81. The number of benzene rings is 2. The minimum Gasteiger partial charge on any atom is -0.399 e. The number of halogens is 1. The minimum atomic E-state index is -0.0396. The van der Waals surface area contributed by atoms with E-state index in [4.69, 9.17) is 5.73 Å². The average Bonchev–Trinajstić information content (AvgIpc) is 2.23. The van der Waals surface area contributed by atoms with Gasteiger partial charge < -0.3 is 5.73 Å². The summed E-state index contributed by atoms with van der Waals surface area (Å²) >= 11 is -0.0396. The summed E-state index contributed by atoms with van der Waals surface area (Å²) in [4.78, 5) is 0. The van der Waals surface area contributed by atoms with Crippen LogP contribution in [0.5, 0.6) is 0 Å².